The third-order valence-corrected chi connectivity index (χ3v) is 2.47. The molecule has 17 heavy (non-hydrogen) atoms. The highest BCUT2D eigenvalue weighted by Crippen LogP contribution is 2.21. The molecule has 0 unspecified atom stereocenters. The Morgan fingerprint density at radius 1 is 1.41 bits per heavy atom. The summed E-state index contributed by atoms with van der Waals surface area (Å²) in [6.45, 7) is 3.04. The molecular weight excluding hydrogens is 221 g/mol. The van der Waals surface area contributed by atoms with Crippen molar-refractivity contribution in [3.8, 4) is 11.4 Å². The monoisotopic (exact) mass is 235 g/mol. The zero-order valence-electron chi connectivity index (χ0n) is 9.60. The van der Waals surface area contributed by atoms with Crippen LogP contribution in [0.2, 0.25) is 0 Å². The molecule has 0 aliphatic rings. The van der Waals surface area contributed by atoms with E-state index in [0.717, 1.165) is 12.0 Å². The lowest BCUT2D eigenvalue weighted by atomic mass is 10.1. The highest BCUT2D eigenvalue weighted by atomic mass is 19.1. The third kappa shape index (κ3) is 2.47. The molecule has 90 valence electrons. The predicted octanol–water partition coefficient (Wildman–Crippen LogP) is 1.14. The van der Waals surface area contributed by atoms with Gasteiger partial charge in [-0.2, -0.15) is 0 Å². The SMILES string of the molecule is Cc1ccc(F)c(-c2nnnn2CCCN)c1. The van der Waals surface area contributed by atoms with Crippen LogP contribution in [-0.4, -0.2) is 26.8 Å². The van der Waals surface area contributed by atoms with Crippen LogP contribution in [0.25, 0.3) is 11.4 Å². The molecule has 1 heterocycles. The summed E-state index contributed by atoms with van der Waals surface area (Å²) in [7, 11) is 0. The summed E-state index contributed by atoms with van der Waals surface area (Å²) in [6, 6.07) is 4.87. The molecule has 0 amide bonds. The van der Waals surface area contributed by atoms with Gasteiger partial charge in [-0.15, -0.1) is 5.10 Å². The van der Waals surface area contributed by atoms with Gasteiger partial charge in [0.25, 0.3) is 0 Å². The summed E-state index contributed by atoms with van der Waals surface area (Å²) in [5.41, 5.74) is 6.82. The third-order valence-electron chi connectivity index (χ3n) is 2.47. The molecular formula is C11H14FN5. The van der Waals surface area contributed by atoms with E-state index in [2.05, 4.69) is 15.5 Å². The first-order valence-electron chi connectivity index (χ1n) is 5.45. The summed E-state index contributed by atoms with van der Waals surface area (Å²) in [5.74, 6) is 0.124. The molecule has 0 saturated carbocycles. The van der Waals surface area contributed by atoms with E-state index in [0.29, 0.717) is 24.5 Å². The second-order valence-electron chi connectivity index (χ2n) is 3.85. The average molecular weight is 235 g/mol. The molecule has 5 nitrogen and oxygen atoms in total. The Kier molecular flexibility index (Phi) is 3.43. The fourth-order valence-corrected chi connectivity index (χ4v) is 1.60. The highest BCUT2D eigenvalue weighted by Gasteiger charge is 2.13. The second kappa shape index (κ2) is 5.01. The number of hydrogen-bond acceptors (Lipinski definition) is 4. The fraction of sp³-hybridized carbons (Fsp3) is 0.364. The fourth-order valence-electron chi connectivity index (χ4n) is 1.60. The molecule has 2 N–H and O–H groups in total. The summed E-state index contributed by atoms with van der Waals surface area (Å²) < 4.78 is 15.3. The Bertz CT molecular complexity index is 508. The molecule has 0 spiro atoms. The Labute approximate surface area is 98.4 Å². The maximum atomic E-state index is 13.7. The van der Waals surface area contributed by atoms with Gasteiger partial charge in [-0.25, -0.2) is 9.07 Å². The van der Waals surface area contributed by atoms with Gasteiger partial charge in [0.05, 0.1) is 5.56 Å². The molecule has 0 atom stereocenters. The number of aromatic nitrogens is 4. The largest absolute Gasteiger partial charge is 0.330 e. The lowest BCUT2D eigenvalue weighted by Crippen LogP contribution is -2.09. The molecule has 0 bridgehead atoms. The predicted molar refractivity (Wildman–Crippen MR) is 61.6 cm³/mol. The number of rotatable bonds is 4. The standard InChI is InChI=1S/C11H14FN5/c1-8-3-4-10(12)9(7-8)11-14-15-16-17(11)6-2-5-13/h3-4,7H,2,5-6,13H2,1H3. The molecule has 6 heteroatoms. The van der Waals surface area contributed by atoms with Gasteiger partial charge in [-0.1, -0.05) is 11.6 Å². The van der Waals surface area contributed by atoms with E-state index in [4.69, 9.17) is 5.73 Å². The lowest BCUT2D eigenvalue weighted by Gasteiger charge is -2.05. The van der Waals surface area contributed by atoms with E-state index in [9.17, 15) is 4.39 Å². The summed E-state index contributed by atoms with van der Waals surface area (Å²) in [6.07, 6.45) is 0.755. The molecule has 0 aliphatic heterocycles. The van der Waals surface area contributed by atoms with Crippen LogP contribution in [0, 0.1) is 12.7 Å². The molecule has 1 aromatic carbocycles. The molecule has 0 aliphatic carbocycles. The minimum absolute atomic E-state index is 0.320. The van der Waals surface area contributed by atoms with Crippen molar-refractivity contribution >= 4 is 0 Å². The Morgan fingerprint density at radius 3 is 3.00 bits per heavy atom. The highest BCUT2D eigenvalue weighted by molar-refractivity contribution is 5.56. The Morgan fingerprint density at radius 2 is 2.24 bits per heavy atom. The van der Waals surface area contributed by atoms with Crippen LogP contribution in [-0.2, 0) is 6.54 Å². The van der Waals surface area contributed by atoms with E-state index in [-0.39, 0.29) is 5.82 Å². The van der Waals surface area contributed by atoms with Gasteiger partial charge in [-0.05, 0) is 42.4 Å². The van der Waals surface area contributed by atoms with Crippen molar-refractivity contribution in [1.82, 2.24) is 20.2 Å². The van der Waals surface area contributed by atoms with Crippen molar-refractivity contribution in [1.29, 1.82) is 0 Å². The zero-order chi connectivity index (χ0) is 12.3. The smallest absolute Gasteiger partial charge is 0.184 e. The molecule has 0 saturated heterocycles. The number of aryl methyl sites for hydroxylation is 2. The van der Waals surface area contributed by atoms with Crippen molar-refractivity contribution < 1.29 is 4.39 Å². The summed E-state index contributed by atoms with van der Waals surface area (Å²) in [4.78, 5) is 0. The maximum Gasteiger partial charge on any atom is 0.184 e. The van der Waals surface area contributed by atoms with Gasteiger partial charge >= 0.3 is 0 Å². The van der Waals surface area contributed by atoms with Crippen molar-refractivity contribution in [2.45, 2.75) is 19.9 Å². The molecule has 2 rings (SSSR count). The molecule has 0 radical (unpaired) electrons. The van der Waals surface area contributed by atoms with E-state index in [1.165, 1.54) is 6.07 Å². The topological polar surface area (TPSA) is 69.6 Å². The number of tetrazole rings is 1. The van der Waals surface area contributed by atoms with Crippen molar-refractivity contribution in [3.63, 3.8) is 0 Å². The normalized spacial score (nSPS) is 10.8. The zero-order valence-corrected chi connectivity index (χ0v) is 9.60. The molecule has 0 fully saturated rings. The first kappa shape index (κ1) is 11.7. The van der Waals surface area contributed by atoms with Gasteiger partial charge in [0.1, 0.15) is 5.82 Å². The van der Waals surface area contributed by atoms with Gasteiger partial charge in [0, 0.05) is 6.54 Å². The second-order valence-corrected chi connectivity index (χ2v) is 3.85. The van der Waals surface area contributed by atoms with Crippen LogP contribution in [0.3, 0.4) is 0 Å². The van der Waals surface area contributed by atoms with Crippen molar-refractivity contribution in [2.75, 3.05) is 6.54 Å². The van der Waals surface area contributed by atoms with Crippen molar-refractivity contribution in [3.05, 3.63) is 29.6 Å². The number of nitrogens with two attached hydrogens (primary N) is 1. The molecule has 2 aromatic rings. The minimum Gasteiger partial charge on any atom is -0.330 e. The van der Waals surface area contributed by atoms with E-state index in [1.807, 2.05) is 6.92 Å². The van der Waals surface area contributed by atoms with Crippen LogP contribution < -0.4 is 5.73 Å². The van der Waals surface area contributed by atoms with Crippen LogP contribution >= 0.6 is 0 Å². The van der Waals surface area contributed by atoms with Gasteiger partial charge in [-0.3, -0.25) is 0 Å². The number of halogens is 1. The number of benzene rings is 1. The molecule has 1 aromatic heterocycles. The minimum atomic E-state index is -0.320. The van der Waals surface area contributed by atoms with Gasteiger partial charge in [0.2, 0.25) is 0 Å². The number of hydrogen-bond donors (Lipinski definition) is 1. The first-order valence-corrected chi connectivity index (χ1v) is 5.45. The van der Waals surface area contributed by atoms with Crippen LogP contribution in [0.15, 0.2) is 18.2 Å². The van der Waals surface area contributed by atoms with Crippen LogP contribution in [0.5, 0.6) is 0 Å². The Balaban J connectivity index is 2.38. The quantitative estimate of drug-likeness (QED) is 0.862. The lowest BCUT2D eigenvalue weighted by molar-refractivity contribution is 0.565. The van der Waals surface area contributed by atoms with E-state index < -0.39 is 0 Å². The van der Waals surface area contributed by atoms with Gasteiger partial charge in [0.15, 0.2) is 5.82 Å². The van der Waals surface area contributed by atoms with Gasteiger partial charge < -0.3 is 5.73 Å². The summed E-state index contributed by atoms with van der Waals surface area (Å²) in [5, 5.41) is 11.3. The average Bonchev–Trinajstić information content (AvgIpc) is 2.77. The Hall–Kier alpha value is -1.82. The summed E-state index contributed by atoms with van der Waals surface area (Å²) >= 11 is 0. The number of nitrogens with zero attached hydrogens (tertiary/aromatic N) is 4. The van der Waals surface area contributed by atoms with Crippen molar-refractivity contribution in [2.24, 2.45) is 5.73 Å². The van der Waals surface area contributed by atoms with E-state index in [1.54, 1.807) is 16.8 Å². The van der Waals surface area contributed by atoms with E-state index >= 15 is 0 Å². The van der Waals surface area contributed by atoms with Crippen LogP contribution in [0.1, 0.15) is 12.0 Å². The maximum absolute atomic E-state index is 13.7. The first-order chi connectivity index (χ1) is 8.22. The van der Waals surface area contributed by atoms with Crippen LogP contribution in [0.4, 0.5) is 4.39 Å².